The van der Waals surface area contributed by atoms with Crippen LogP contribution < -0.4 is 4.74 Å². The summed E-state index contributed by atoms with van der Waals surface area (Å²) in [4.78, 5) is 16.3. The molecule has 0 N–H and O–H groups in total. The van der Waals surface area contributed by atoms with Crippen molar-refractivity contribution in [2.45, 2.75) is 26.8 Å². The zero-order valence-electron chi connectivity index (χ0n) is 13.4. The van der Waals surface area contributed by atoms with Crippen LogP contribution in [0.4, 0.5) is 0 Å². The van der Waals surface area contributed by atoms with E-state index < -0.39 is 0 Å². The third-order valence-corrected chi connectivity index (χ3v) is 3.43. The van der Waals surface area contributed by atoms with Gasteiger partial charge in [0, 0.05) is 5.56 Å². The number of para-hydroxylation sites is 1. The number of methoxy groups -OCH3 is 1. The fourth-order valence-electron chi connectivity index (χ4n) is 2.25. The molecule has 22 heavy (non-hydrogen) atoms. The Morgan fingerprint density at radius 3 is 2.68 bits per heavy atom. The summed E-state index contributed by atoms with van der Waals surface area (Å²) in [6.45, 7) is 6.40. The van der Waals surface area contributed by atoms with E-state index in [-0.39, 0.29) is 12.0 Å². The largest absolute Gasteiger partial charge is 0.496 e. The van der Waals surface area contributed by atoms with Gasteiger partial charge < -0.3 is 14.0 Å². The summed E-state index contributed by atoms with van der Waals surface area (Å²) in [6, 6.07) is 7.66. The van der Waals surface area contributed by atoms with Gasteiger partial charge in [0.25, 0.3) is 0 Å². The maximum absolute atomic E-state index is 12.2. The van der Waals surface area contributed by atoms with Gasteiger partial charge in [0.1, 0.15) is 11.4 Å². The molecule has 0 aliphatic carbocycles. The zero-order chi connectivity index (χ0) is 16.1. The first-order chi connectivity index (χ1) is 10.5. The number of benzene rings is 1. The summed E-state index contributed by atoms with van der Waals surface area (Å²) in [5.74, 6) is 0.727. The monoisotopic (exact) mass is 302 g/mol. The normalized spacial score (nSPS) is 12.2. The predicted octanol–water partition coefficient (Wildman–Crippen LogP) is 3.31. The number of esters is 1. The average Bonchev–Trinajstić information content (AvgIpc) is 3.01. The molecule has 0 radical (unpaired) electrons. The molecule has 2 rings (SSSR count). The minimum atomic E-state index is -0.354. The standard InChI is InChI=1S/C17H22N2O3/c1-12(2)10-22-17(20)15-9-18-11-19(15)13(3)14-7-5-6-8-16(14)21-4/h5-9,11-13H,10H2,1-4H3. The zero-order valence-corrected chi connectivity index (χ0v) is 13.4. The van der Waals surface area contributed by atoms with E-state index in [2.05, 4.69) is 4.98 Å². The molecule has 1 aromatic carbocycles. The van der Waals surface area contributed by atoms with Crippen LogP contribution in [0.1, 0.15) is 42.9 Å². The highest BCUT2D eigenvalue weighted by molar-refractivity contribution is 5.87. The second-order valence-electron chi connectivity index (χ2n) is 5.60. The lowest BCUT2D eigenvalue weighted by Gasteiger charge is -2.19. The van der Waals surface area contributed by atoms with Crippen LogP contribution >= 0.6 is 0 Å². The van der Waals surface area contributed by atoms with Crippen molar-refractivity contribution in [3.05, 3.63) is 48.0 Å². The number of rotatable bonds is 6. The first kappa shape index (κ1) is 16.1. The van der Waals surface area contributed by atoms with Crippen LogP contribution in [0.2, 0.25) is 0 Å². The maximum atomic E-state index is 12.2. The highest BCUT2D eigenvalue weighted by atomic mass is 16.5. The Morgan fingerprint density at radius 2 is 2.00 bits per heavy atom. The van der Waals surface area contributed by atoms with Crippen molar-refractivity contribution < 1.29 is 14.3 Å². The number of carbonyl (C=O) groups is 1. The molecule has 5 nitrogen and oxygen atoms in total. The lowest BCUT2D eigenvalue weighted by atomic mass is 10.1. The molecule has 0 saturated heterocycles. The number of hydrogen-bond donors (Lipinski definition) is 0. The van der Waals surface area contributed by atoms with Gasteiger partial charge in [0.05, 0.1) is 32.3 Å². The van der Waals surface area contributed by atoms with E-state index in [0.717, 1.165) is 11.3 Å². The Labute approximate surface area is 130 Å². The molecular weight excluding hydrogens is 280 g/mol. The minimum absolute atomic E-state index is 0.0831. The van der Waals surface area contributed by atoms with Gasteiger partial charge in [-0.2, -0.15) is 0 Å². The van der Waals surface area contributed by atoms with Crippen molar-refractivity contribution >= 4 is 5.97 Å². The van der Waals surface area contributed by atoms with Crippen molar-refractivity contribution in [2.24, 2.45) is 5.92 Å². The Hall–Kier alpha value is -2.30. The number of ether oxygens (including phenoxy) is 2. The second kappa shape index (κ2) is 7.11. The van der Waals surface area contributed by atoms with Crippen LogP contribution in [-0.4, -0.2) is 29.2 Å². The van der Waals surface area contributed by atoms with E-state index in [1.165, 1.54) is 6.20 Å². The topological polar surface area (TPSA) is 53.4 Å². The van der Waals surface area contributed by atoms with Gasteiger partial charge in [-0.1, -0.05) is 32.0 Å². The SMILES string of the molecule is COc1ccccc1C(C)n1cncc1C(=O)OCC(C)C. The van der Waals surface area contributed by atoms with Crippen molar-refractivity contribution in [3.8, 4) is 5.75 Å². The van der Waals surface area contributed by atoms with Crippen LogP contribution in [0.3, 0.4) is 0 Å². The lowest BCUT2D eigenvalue weighted by Crippen LogP contribution is -2.17. The van der Waals surface area contributed by atoms with Crippen molar-refractivity contribution in [1.29, 1.82) is 0 Å². The van der Waals surface area contributed by atoms with Crippen LogP contribution in [0.15, 0.2) is 36.8 Å². The average molecular weight is 302 g/mol. The fourth-order valence-corrected chi connectivity index (χ4v) is 2.25. The third-order valence-electron chi connectivity index (χ3n) is 3.43. The second-order valence-corrected chi connectivity index (χ2v) is 5.60. The molecule has 2 aromatic rings. The van der Waals surface area contributed by atoms with Gasteiger partial charge in [-0.15, -0.1) is 0 Å². The van der Waals surface area contributed by atoms with Gasteiger partial charge in [-0.3, -0.25) is 0 Å². The fraction of sp³-hybridized carbons (Fsp3) is 0.412. The lowest BCUT2D eigenvalue weighted by molar-refractivity contribution is 0.0445. The molecule has 0 aliphatic rings. The number of aromatic nitrogens is 2. The molecule has 5 heteroatoms. The molecule has 1 unspecified atom stereocenters. The van der Waals surface area contributed by atoms with Crippen molar-refractivity contribution in [2.75, 3.05) is 13.7 Å². The quantitative estimate of drug-likeness (QED) is 0.768. The molecule has 1 atom stereocenters. The maximum Gasteiger partial charge on any atom is 0.356 e. The number of imidazole rings is 1. The summed E-state index contributed by atoms with van der Waals surface area (Å²) in [5, 5.41) is 0. The summed E-state index contributed by atoms with van der Waals surface area (Å²) in [5.41, 5.74) is 1.43. The molecule has 1 aromatic heterocycles. The van der Waals surface area contributed by atoms with E-state index in [9.17, 15) is 4.79 Å². The molecule has 0 fully saturated rings. The smallest absolute Gasteiger partial charge is 0.356 e. The molecule has 0 saturated carbocycles. The predicted molar refractivity (Wildman–Crippen MR) is 84.2 cm³/mol. The van der Waals surface area contributed by atoms with Gasteiger partial charge in [-0.25, -0.2) is 9.78 Å². The molecule has 0 spiro atoms. The van der Waals surface area contributed by atoms with E-state index in [1.54, 1.807) is 18.0 Å². The Bertz CT molecular complexity index is 634. The van der Waals surface area contributed by atoms with E-state index in [0.29, 0.717) is 18.2 Å². The Balaban J connectivity index is 2.26. The Kier molecular flexibility index (Phi) is 5.20. The molecule has 118 valence electrons. The van der Waals surface area contributed by atoms with Crippen LogP contribution in [0.25, 0.3) is 0 Å². The third kappa shape index (κ3) is 3.47. The van der Waals surface area contributed by atoms with Crippen LogP contribution in [-0.2, 0) is 4.74 Å². The molecular formula is C17H22N2O3. The van der Waals surface area contributed by atoms with Gasteiger partial charge >= 0.3 is 5.97 Å². The van der Waals surface area contributed by atoms with E-state index in [1.807, 2.05) is 45.0 Å². The molecule has 0 amide bonds. The summed E-state index contributed by atoms with van der Waals surface area (Å²) in [6.07, 6.45) is 3.18. The Morgan fingerprint density at radius 1 is 1.27 bits per heavy atom. The number of carbonyl (C=O) groups excluding carboxylic acids is 1. The van der Waals surface area contributed by atoms with Gasteiger partial charge in [0.2, 0.25) is 0 Å². The molecule has 0 aliphatic heterocycles. The van der Waals surface area contributed by atoms with E-state index in [4.69, 9.17) is 9.47 Å². The van der Waals surface area contributed by atoms with Crippen LogP contribution in [0.5, 0.6) is 5.75 Å². The highest BCUT2D eigenvalue weighted by Gasteiger charge is 2.20. The summed E-state index contributed by atoms with van der Waals surface area (Å²) in [7, 11) is 1.64. The van der Waals surface area contributed by atoms with Crippen LogP contribution in [0, 0.1) is 5.92 Å². The molecule has 0 bridgehead atoms. The minimum Gasteiger partial charge on any atom is -0.496 e. The summed E-state index contributed by atoms with van der Waals surface area (Å²) >= 11 is 0. The first-order valence-electron chi connectivity index (χ1n) is 7.36. The summed E-state index contributed by atoms with van der Waals surface area (Å²) < 4.78 is 12.5. The first-order valence-corrected chi connectivity index (χ1v) is 7.36. The van der Waals surface area contributed by atoms with Gasteiger partial charge in [-0.05, 0) is 18.9 Å². The highest BCUT2D eigenvalue weighted by Crippen LogP contribution is 2.28. The van der Waals surface area contributed by atoms with E-state index >= 15 is 0 Å². The van der Waals surface area contributed by atoms with Crippen molar-refractivity contribution in [3.63, 3.8) is 0 Å². The van der Waals surface area contributed by atoms with Gasteiger partial charge in [0.15, 0.2) is 0 Å². The van der Waals surface area contributed by atoms with Crippen molar-refractivity contribution in [1.82, 2.24) is 9.55 Å². The number of nitrogens with zero attached hydrogens (tertiary/aromatic N) is 2. The number of hydrogen-bond acceptors (Lipinski definition) is 4. The molecule has 1 heterocycles.